The number of rotatable bonds is 11. The Bertz CT molecular complexity index is 930. The summed E-state index contributed by atoms with van der Waals surface area (Å²) in [5.74, 6) is 0.321. The standard InChI is InChI=1S/C22H28N4O5/c1-4-5-6-9-12-31-21-19(26(28)29)13-17(14-20(21)30-3)15-23-25-22(27)24-18-11-8-7-10-16(18)2/h7-8,10-11,13-15H,4-6,9,12H2,1-3H3,(H2,24,25,27)/b23-15-. The number of hydrazone groups is 1. The summed E-state index contributed by atoms with van der Waals surface area (Å²) in [6.07, 6.45) is 5.28. The van der Waals surface area contributed by atoms with Gasteiger partial charge in [-0.25, -0.2) is 10.2 Å². The van der Waals surface area contributed by atoms with Gasteiger partial charge in [0.15, 0.2) is 5.75 Å². The van der Waals surface area contributed by atoms with Crippen LogP contribution in [0.2, 0.25) is 0 Å². The number of urea groups is 1. The molecule has 0 unspecified atom stereocenters. The highest BCUT2D eigenvalue weighted by Gasteiger charge is 2.22. The number of nitrogens with zero attached hydrogens (tertiary/aromatic N) is 2. The van der Waals surface area contributed by atoms with E-state index in [1.165, 1.54) is 19.4 Å². The molecule has 2 amide bonds. The summed E-state index contributed by atoms with van der Waals surface area (Å²) in [7, 11) is 1.41. The van der Waals surface area contributed by atoms with Crippen LogP contribution in [0.5, 0.6) is 11.5 Å². The Hall–Kier alpha value is -3.62. The second-order valence-corrected chi connectivity index (χ2v) is 6.88. The Kier molecular flexibility index (Phi) is 9.28. The summed E-state index contributed by atoms with van der Waals surface area (Å²) in [6.45, 7) is 4.35. The van der Waals surface area contributed by atoms with Crippen molar-refractivity contribution in [3.8, 4) is 11.5 Å². The van der Waals surface area contributed by atoms with Crippen LogP contribution in [0.25, 0.3) is 0 Å². The maximum Gasteiger partial charge on any atom is 0.339 e. The lowest BCUT2D eigenvalue weighted by molar-refractivity contribution is -0.386. The highest BCUT2D eigenvalue weighted by atomic mass is 16.6. The van der Waals surface area contributed by atoms with Crippen LogP contribution in [0.3, 0.4) is 0 Å². The first-order valence-corrected chi connectivity index (χ1v) is 10.1. The number of para-hydroxylation sites is 1. The summed E-state index contributed by atoms with van der Waals surface area (Å²) in [4.78, 5) is 23.0. The number of nitrogens with one attached hydrogen (secondary N) is 2. The number of carbonyl (C=O) groups excluding carboxylic acids is 1. The first-order chi connectivity index (χ1) is 15.0. The summed E-state index contributed by atoms with van der Waals surface area (Å²) < 4.78 is 10.9. The van der Waals surface area contributed by atoms with Crippen molar-refractivity contribution in [3.05, 3.63) is 57.6 Å². The predicted octanol–water partition coefficient (Wildman–Crippen LogP) is 5.03. The smallest absolute Gasteiger partial charge is 0.339 e. The van der Waals surface area contributed by atoms with Gasteiger partial charge in [0.25, 0.3) is 0 Å². The van der Waals surface area contributed by atoms with E-state index >= 15 is 0 Å². The zero-order chi connectivity index (χ0) is 22.6. The van der Waals surface area contributed by atoms with Crippen LogP contribution in [0.4, 0.5) is 16.2 Å². The van der Waals surface area contributed by atoms with Gasteiger partial charge in [0.2, 0.25) is 5.75 Å². The highest BCUT2D eigenvalue weighted by molar-refractivity contribution is 5.91. The first-order valence-electron chi connectivity index (χ1n) is 10.1. The van der Waals surface area contributed by atoms with Crippen molar-refractivity contribution in [2.75, 3.05) is 19.0 Å². The van der Waals surface area contributed by atoms with E-state index in [-0.39, 0.29) is 17.2 Å². The number of carbonyl (C=O) groups is 1. The van der Waals surface area contributed by atoms with Crippen LogP contribution in [0, 0.1) is 17.0 Å². The van der Waals surface area contributed by atoms with E-state index in [0.29, 0.717) is 17.9 Å². The molecule has 2 aromatic carbocycles. The molecule has 0 fully saturated rings. The molecule has 0 aliphatic heterocycles. The molecule has 2 aromatic rings. The third kappa shape index (κ3) is 7.29. The van der Waals surface area contributed by atoms with Crippen molar-refractivity contribution in [1.82, 2.24) is 5.43 Å². The van der Waals surface area contributed by atoms with E-state index in [2.05, 4.69) is 22.8 Å². The van der Waals surface area contributed by atoms with Crippen molar-refractivity contribution in [2.24, 2.45) is 5.10 Å². The van der Waals surface area contributed by atoms with Gasteiger partial charge in [-0.2, -0.15) is 5.10 Å². The fourth-order valence-corrected chi connectivity index (χ4v) is 2.85. The zero-order valence-corrected chi connectivity index (χ0v) is 18.0. The lowest BCUT2D eigenvalue weighted by Gasteiger charge is -2.12. The average Bonchev–Trinajstić information content (AvgIpc) is 2.75. The number of hydrogen-bond acceptors (Lipinski definition) is 6. The molecule has 9 nitrogen and oxygen atoms in total. The van der Waals surface area contributed by atoms with Crippen molar-refractivity contribution in [2.45, 2.75) is 39.5 Å². The SMILES string of the molecule is CCCCCCOc1c(OC)cc(/C=N\NC(=O)Nc2ccccc2C)cc1[N+](=O)[O-]. The van der Waals surface area contributed by atoms with Gasteiger partial charge in [-0.15, -0.1) is 0 Å². The van der Waals surface area contributed by atoms with Gasteiger partial charge in [0.1, 0.15) is 0 Å². The van der Waals surface area contributed by atoms with Crippen molar-refractivity contribution < 1.29 is 19.2 Å². The fourth-order valence-electron chi connectivity index (χ4n) is 2.85. The van der Waals surface area contributed by atoms with Crippen LogP contribution in [-0.4, -0.2) is 30.9 Å². The molecule has 0 saturated carbocycles. The van der Waals surface area contributed by atoms with Crippen LogP contribution in [0.15, 0.2) is 41.5 Å². The summed E-state index contributed by atoms with van der Waals surface area (Å²) >= 11 is 0. The number of hydrogen-bond donors (Lipinski definition) is 2. The van der Waals surface area contributed by atoms with Gasteiger partial charge in [-0.1, -0.05) is 44.4 Å². The quantitative estimate of drug-likeness (QED) is 0.225. The Morgan fingerprint density at radius 1 is 1.23 bits per heavy atom. The number of methoxy groups -OCH3 is 1. The molecule has 0 aliphatic carbocycles. The molecular formula is C22H28N4O5. The summed E-state index contributed by atoms with van der Waals surface area (Å²) in [5, 5.41) is 18.1. The molecule has 166 valence electrons. The number of unbranched alkanes of at least 4 members (excludes halogenated alkanes) is 3. The lowest BCUT2D eigenvalue weighted by atomic mass is 10.1. The largest absolute Gasteiger partial charge is 0.493 e. The van der Waals surface area contributed by atoms with Gasteiger partial charge < -0.3 is 14.8 Å². The molecular weight excluding hydrogens is 400 g/mol. The minimum absolute atomic E-state index is 0.0893. The Morgan fingerprint density at radius 3 is 2.68 bits per heavy atom. The van der Waals surface area contributed by atoms with Gasteiger partial charge in [0.05, 0.1) is 24.9 Å². The molecule has 0 aliphatic rings. The molecule has 0 aromatic heterocycles. The lowest BCUT2D eigenvalue weighted by Crippen LogP contribution is -2.24. The molecule has 0 heterocycles. The van der Waals surface area contributed by atoms with Gasteiger partial charge in [0, 0.05) is 17.3 Å². The Balaban J connectivity index is 2.08. The molecule has 0 saturated heterocycles. The Labute approximate surface area is 181 Å². The molecule has 0 radical (unpaired) electrons. The first kappa shape index (κ1) is 23.7. The van der Waals surface area contributed by atoms with E-state index < -0.39 is 11.0 Å². The molecule has 9 heteroatoms. The predicted molar refractivity (Wildman–Crippen MR) is 120 cm³/mol. The van der Waals surface area contributed by atoms with E-state index in [1.807, 2.05) is 25.1 Å². The number of amides is 2. The van der Waals surface area contributed by atoms with Gasteiger partial charge >= 0.3 is 11.7 Å². The second-order valence-electron chi connectivity index (χ2n) is 6.88. The number of ether oxygens (including phenoxy) is 2. The van der Waals surface area contributed by atoms with E-state index in [9.17, 15) is 14.9 Å². The van der Waals surface area contributed by atoms with Crippen molar-refractivity contribution in [3.63, 3.8) is 0 Å². The summed E-state index contributed by atoms with van der Waals surface area (Å²) in [6, 6.07) is 9.69. The number of nitro groups is 1. The topological polar surface area (TPSA) is 115 Å². The van der Waals surface area contributed by atoms with E-state index in [0.717, 1.165) is 31.2 Å². The Morgan fingerprint density at radius 2 is 2.00 bits per heavy atom. The number of nitro benzene ring substituents is 1. The van der Waals surface area contributed by atoms with E-state index in [1.54, 1.807) is 12.1 Å². The second kappa shape index (κ2) is 12.2. The average molecular weight is 428 g/mol. The minimum Gasteiger partial charge on any atom is -0.493 e. The molecule has 0 spiro atoms. The molecule has 0 bridgehead atoms. The molecule has 2 N–H and O–H groups in total. The normalized spacial score (nSPS) is 10.7. The van der Waals surface area contributed by atoms with Gasteiger partial charge in [-0.3, -0.25) is 10.1 Å². The third-order valence-corrected chi connectivity index (χ3v) is 4.49. The monoisotopic (exact) mass is 428 g/mol. The zero-order valence-electron chi connectivity index (χ0n) is 18.0. The third-order valence-electron chi connectivity index (χ3n) is 4.49. The highest BCUT2D eigenvalue weighted by Crippen LogP contribution is 2.38. The van der Waals surface area contributed by atoms with Crippen LogP contribution in [-0.2, 0) is 0 Å². The molecule has 2 rings (SSSR count). The number of aryl methyl sites for hydroxylation is 1. The van der Waals surface area contributed by atoms with Gasteiger partial charge in [-0.05, 0) is 31.0 Å². The van der Waals surface area contributed by atoms with Crippen molar-refractivity contribution in [1.29, 1.82) is 0 Å². The van der Waals surface area contributed by atoms with Crippen molar-refractivity contribution >= 4 is 23.6 Å². The molecule has 0 atom stereocenters. The minimum atomic E-state index is -0.529. The number of anilines is 1. The maximum absolute atomic E-state index is 12.0. The molecule has 31 heavy (non-hydrogen) atoms. The number of benzene rings is 2. The van der Waals surface area contributed by atoms with E-state index in [4.69, 9.17) is 9.47 Å². The van der Waals surface area contributed by atoms with Crippen LogP contribution >= 0.6 is 0 Å². The summed E-state index contributed by atoms with van der Waals surface area (Å²) in [5.41, 5.74) is 4.07. The fraction of sp³-hybridized carbons (Fsp3) is 0.364. The van der Waals surface area contributed by atoms with Crippen LogP contribution < -0.4 is 20.2 Å². The van der Waals surface area contributed by atoms with Crippen LogP contribution in [0.1, 0.15) is 43.7 Å². The maximum atomic E-state index is 12.0.